The molecule has 1 saturated carbocycles. The molecule has 4 aliphatic rings. The van der Waals surface area contributed by atoms with Crippen LogP contribution in [0.5, 0.6) is 0 Å². The van der Waals surface area contributed by atoms with Gasteiger partial charge in [0.05, 0.1) is 6.10 Å². The lowest BCUT2D eigenvalue weighted by Gasteiger charge is -2.38. The van der Waals surface area contributed by atoms with E-state index in [-0.39, 0.29) is 35.1 Å². The number of likely N-dealkylation sites (N-methyl/N-ethyl adjacent to an activating group) is 2. The van der Waals surface area contributed by atoms with Gasteiger partial charge in [0.1, 0.15) is 5.69 Å². The average Bonchev–Trinajstić information content (AvgIpc) is 3.65. The maximum Gasteiger partial charge on any atom is 0.268 e. The molecule has 6 rings (SSSR count). The van der Waals surface area contributed by atoms with Gasteiger partial charge in [0.15, 0.2) is 5.37 Å². The summed E-state index contributed by atoms with van der Waals surface area (Å²) in [6, 6.07) is 6.45. The van der Waals surface area contributed by atoms with E-state index in [0.717, 1.165) is 30.4 Å². The monoisotopic (exact) mass is 600 g/mol. The molecule has 12 heteroatoms. The van der Waals surface area contributed by atoms with Gasteiger partial charge < -0.3 is 35.4 Å². The lowest BCUT2D eigenvalue weighted by atomic mass is 9.81. The van der Waals surface area contributed by atoms with Crippen molar-refractivity contribution in [3.8, 4) is 0 Å². The normalized spacial score (nSPS) is 28.7. The van der Waals surface area contributed by atoms with Crippen LogP contribution in [-0.4, -0.2) is 106 Å². The Bertz CT molecular complexity index is 1400. The van der Waals surface area contributed by atoms with Gasteiger partial charge >= 0.3 is 0 Å². The molecule has 0 radical (unpaired) electrons. The number of aromatic nitrogens is 1. The number of fused-ring (bicyclic) bond motifs is 1. The topological polar surface area (TPSA) is 121 Å². The molecule has 2 aromatic rings. The van der Waals surface area contributed by atoms with Gasteiger partial charge in [-0.1, -0.05) is 23.4 Å². The van der Waals surface area contributed by atoms with Crippen molar-refractivity contribution in [2.24, 2.45) is 5.92 Å². The van der Waals surface area contributed by atoms with E-state index >= 15 is 0 Å². The molecular weight excluding hydrogens is 564 g/mol. The number of β-amino-alcohol motifs (C(OH)–C–C–N with tert-alkyl or cyclic N) is 1. The average molecular weight is 601 g/mol. The van der Waals surface area contributed by atoms with E-state index in [4.69, 9.17) is 11.6 Å². The molecule has 10 nitrogen and oxygen atoms in total. The third kappa shape index (κ3) is 5.82. The zero-order valence-corrected chi connectivity index (χ0v) is 24.9. The van der Waals surface area contributed by atoms with Crippen LogP contribution in [0.25, 0.3) is 10.9 Å². The molecule has 1 aromatic carbocycles. The molecule has 4 heterocycles. The highest BCUT2D eigenvalue weighted by molar-refractivity contribution is 8.04. The van der Waals surface area contributed by atoms with Crippen molar-refractivity contribution in [2.75, 3.05) is 40.3 Å². The summed E-state index contributed by atoms with van der Waals surface area (Å²) < 4.78 is 0. The maximum atomic E-state index is 13.7. The number of nitrogens with zero attached hydrogens (tertiary/aromatic N) is 3. The van der Waals surface area contributed by atoms with Gasteiger partial charge in [-0.25, -0.2) is 0 Å². The molecule has 0 bridgehead atoms. The number of hydrogen-bond donors (Lipinski definition) is 4. The molecule has 4 N–H and O–H groups in total. The van der Waals surface area contributed by atoms with Gasteiger partial charge in [0, 0.05) is 84.2 Å². The zero-order valence-electron chi connectivity index (χ0n) is 23.4. The summed E-state index contributed by atoms with van der Waals surface area (Å²) in [5.41, 5.74) is 2.46. The highest BCUT2D eigenvalue weighted by Crippen LogP contribution is 2.41. The zero-order chi connectivity index (χ0) is 28.8. The van der Waals surface area contributed by atoms with Crippen molar-refractivity contribution in [3.63, 3.8) is 0 Å². The second-order valence-corrected chi connectivity index (χ2v) is 13.4. The van der Waals surface area contributed by atoms with Crippen LogP contribution < -0.4 is 10.6 Å². The lowest BCUT2D eigenvalue weighted by Crippen LogP contribution is -2.58. The number of benzene rings is 1. The van der Waals surface area contributed by atoms with E-state index in [1.54, 1.807) is 34.9 Å². The molecule has 3 aliphatic heterocycles. The Morgan fingerprint density at radius 1 is 1.07 bits per heavy atom. The Kier molecular flexibility index (Phi) is 7.97. The number of thioether (sulfide) groups is 1. The number of hydrogen-bond acceptors (Lipinski definition) is 7. The van der Waals surface area contributed by atoms with Crippen LogP contribution >= 0.6 is 23.4 Å². The Hall–Kier alpha value is -2.73. The first-order chi connectivity index (χ1) is 19.7. The van der Waals surface area contributed by atoms with Crippen molar-refractivity contribution in [2.45, 2.75) is 55.7 Å². The van der Waals surface area contributed by atoms with Crippen LogP contribution in [0.1, 0.15) is 42.6 Å². The second kappa shape index (κ2) is 11.5. The third-order valence-corrected chi connectivity index (χ3v) is 10.5. The molecule has 5 atom stereocenters. The summed E-state index contributed by atoms with van der Waals surface area (Å²) in [4.78, 5) is 50.8. The molecular formula is C29H37ClN6O4S. The fourth-order valence-corrected chi connectivity index (χ4v) is 8.16. The highest BCUT2D eigenvalue weighted by atomic mass is 35.5. The summed E-state index contributed by atoms with van der Waals surface area (Å²) in [7, 11) is 4.06. The van der Waals surface area contributed by atoms with E-state index in [0.29, 0.717) is 49.5 Å². The molecule has 3 amide bonds. The first-order valence-corrected chi connectivity index (χ1v) is 15.6. The Balaban J connectivity index is 1.18. The van der Waals surface area contributed by atoms with Gasteiger partial charge in [-0.15, -0.1) is 0 Å². The number of aliphatic hydroxyl groups excluding tert-OH is 1. The summed E-state index contributed by atoms with van der Waals surface area (Å²) in [5.74, 6) is -0.626. The number of halogens is 1. The van der Waals surface area contributed by atoms with Crippen molar-refractivity contribution in [1.29, 1.82) is 0 Å². The summed E-state index contributed by atoms with van der Waals surface area (Å²) in [5, 5.41) is 17.4. The first kappa shape index (κ1) is 28.4. The van der Waals surface area contributed by atoms with Gasteiger partial charge in [-0.2, -0.15) is 0 Å². The number of amides is 3. The number of carbonyl (C=O) groups excluding carboxylic acids is 3. The van der Waals surface area contributed by atoms with E-state index in [1.807, 2.05) is 13.1 Å². The van der Waals surface area contributed by atoms with Gasteiger partial charge in [-0.3, -0.25) is 14.4 Å². The number of likely N-dealkylation sites (tertiary alicyclic amines) is 1. The van der Waals surface area contributed by atoms with E-state index in [1.165, 1.54) is 10.6 Å². The molecule has 220 valence electrons. The Labute approximate surface area is 248 Å². The van der Waals surface area contributed by atoms with Gasteiger partial charge in [0.2, 0.25) is 5.91 Å². The van der Waals surface area contributed by atoms with Crippen molar-refractivity contribution in [3.05, 3.63) is 45.6 Å². The predicted octanol–water partition coefficient (Wildman–Crippen LogP) is 2.35. The minimum atomic E-state index is -0.483. The Morgan fingerprint density at radius 2 is 1.90 bits per heavy atom. The van der Waals surface area contributed by atoms with Crippen molar-refractivity contribution in [1.82, 2.24) is 30.3 Å². The molecule has 1 aliphatic carbocycles. The summed E-state index contributed by atoms with van der Waals surface area (Å²) in [6.45, 7) is 2.70. The lowest BCUT2D eigenvalue weighted by molar-refractivity contribution is -0.137. The quantitative estimate of drug-likeness (QED) is 0.416. The smallest absolute Gasteiger partial charge is 0.268 e. The number of carbonyl (C=O) groups is 3. The molecule has 1 unspecified atom stereocenters. The van der Waals surface area contributed by atoms with Crippen molar-refractivity contribution >= 4 is 52.0 Å². The first-order valence-electron chi connectivity index (χ1n) is 14.3. The largest absolute Gasteiger partial charge is 0.391 e. The third-order valence-electron chi connectivity index (χ3n) is 8.87. The fraction of sp³-hybridized carbons (Fsp3) is 0.552. The summed E-state index contributed by atoms with van der Waals surface area (Å²) >= 11 is 7.72. The van der Waals surface area contributed by atoms with E-state index in [2.05, 4.69) is 32.5 Å². The van der Waals surface area contributed by atoms with E-state index in [9.17, 15) is 19.5 Å². The van der Waals surface area contributed by atoms with Crippen LogP contribution in [0.15, 0.2) is 34.9 Å². The molecule has 2 fully saturated rings. The minimum absolute atomic E-state index is 0.0191. The maximum absolute atomic E-state index is 13.7. The van der Waals surface area contributed by atoms with Crippen LogP contribution in [0.3, 0.4) is 0 Å². The molecule has 41 heavy (non-hydrogen) atoms. The van der Waals surface area contributed by atoms with Crippen LogP contribution in [0.4, 0.5) is 0 Å². The Morgan fingerprint density at radius 3 is 2.68 bits per heavy atom. The van der Waals surface area contributed by atoms with Gasteiger partial charge in [0.25, 0.3) is 11.8 Å². The number of aromatic amines is 1. The number of H-pyrrole nitrogens is 1. The highest BCUT2D eigenvalue weighted by Gasteiger charge is 2.42. The standard InChI is InChI=1S/C29H37ClN6O4S/c1-34-9-8-24-25(15-34)41-29(35(24)2)27(39)33-22-12-16(28(40)36-10-7-19(37)14-36)3-5-21(22)32-26(38)23-13-17-11-18(30)4-6-20(17)31-23/h4,6,11,13,16,19,21-22,29,31,37H,3,5,7-10,12,14-15H2,1-2H3,(H,32,38)(H,33,39)/t16-,19+,21-,22+,29?/m0/s1. The molecule has 1 aromatic heterocycles. The number of aliphatic hydroxyl groups is 1. The molecule has 1 saturated heterocycles. The van der Waals surface area contributed by atoms with Gasteiger partial charge in [-0.05, 0) is 57.0 Å². The SMILES string of the molecule is CN1CCC2=C(C1)SC(C(=O)N[C@@H]1C[C@@H](C(=O)N3CC[C@@H](O)C3)CC[C@@H]1NC(=O)c1cc3cc(Cl)ccc3[nH]1)N2C. The fourth-order valence-electron chi connectivity index (χ4n) is 6.57. The predicted molar refractivity (Wildman–Crippen MR) is 159 cm³/mol. The minimum Gasteiger partial charge on any atom is -0.391 e. The van der Waals surface area contributed by atoms with Crippen molar-refractivity contribution < 1.29 is 19.5 Å². The van der Waals surface area contributed by atoms with Crippen LogP contribution in [0.2, 0.25) is 5.02 Å². The second-order valence-electron chi connectivity index (χ2n) is 11.8. The number of nitrogens with one attached hydrogen (secondary N) is 3. The van der Waals surface area contributed by atoms with Crippen LogP contribution in [0, 0.1) is 5.92 Å². The molecule has 0 spiro atoms. The van der Waals surface area contributed by atoms with Crippen LogP contribution in [-0.2, 0) is 9.59 Å². The number of rotatable bonds is 5. The summed E-state index contributed by atoms with van der Waals surface area (Å²) in [6.07, 6.45) is 2.61. The van der Waals surface area contributed by atoms with E-state index < -0.39 is 12.1 Å².